The monoisotopic (exact) mass is 169 g/mol. The fraction of sp³-hybridized carbons (Fsp3) is 0.571. The molecule has 66 valence electrons. The predicted molar refractivity (Wildman–Crippen MR) is 41.4 cm³/mol. The van der Waals surface area contributed by atoms with Crippen LogP contribution in [-0.4, -0.2) is 25.8 Å². The zero-order chi connectivity index (χ0) is 8.97. The highest BCUT2D eigenvalue weighted by molar-refractivity contribution is 5.69. The molecule has 1 rings (SSSR count). The lowest BCUT2D eigenvalue weighted by Gasteiger charge is -2.08. The Morgan fingerprint density at radius 3 is 2.58 bits per heavy atom. The molecule has 1 aromatic heterocycles. The van der Waals surface area contributed by atoms with Gasteiger partial charge in [-0.1, -0.05) is 6.92 Å². The summed E-state index contributed by atoms with van der Waals surface area (Å²) in [6.07, 6.45) is 3.66. The second-order valence-electron chi connectivity index (χ2n) is 2.60. The number of hydrogen-bond acceptors (Lipinski definition) is 3. The van der Waals surface area contributed by atoms with E-state index in [0.29, 0.717) is 13.0 Å². The van der Waals surface area contributed by atoms with Crippen molar-refractivity contribution < 1.29 is 9.90 Å². The van der Waals surface area contributed by atoms with Crippen molar-refractivity contribution in [2.24, 2.45) is 5.92 Å². The van der Waals surface area contributed by atoms with Gasteiger partial charge in [-0.2, -0.15) is 0 Å². The molecule has 0 bridgehead atoms. The van der Waals surface area contributed by atoms with Crippen LogP contribution in [0.1, 0.15) is 13.3 Å². The van der Waals surface area contributed by atoms with Crippen LogP contribution in [0.3, 0.4) is 0 Å². The molecule has 0 radical (unpaired) electrons. The Hall–Kier alpha value is -1.39. The summed E-state index contributed by atoms with van der Waals surface area (Å²) in [6, 6.07) is 0. The van der Waals surface area contributed by atoms with Crippen LogP contribution in [0.25, 0.3) is 0 Å². The molecule has 0 aliphatic rings. The van der Waals surface area contributed by atoms with Crippen LogP contribution < -0.4 is 0 Å². The van der Waals surface area contributed by atoms with Gasteiger partial charge in [-0.05, 0) is 6.42 Å². The number of aromatic nitrogens is 3. The van der Waals surface area contributed by atoms with Gasteiger partial charge < -0.3 is 9.67 Å². The van der Waals surface area contributed by atoms with Crippen LogP contribution in [-0.2, 0) is 11.3 Å². The zero-order valence-corrected chi connectivity index (χ0v) is 6.84. The molecule has 0 aliphatic heterocycles. The number of carboxylic acid groups (broad SMARTS) is 1. The third kappa shape index (κ3) is 2.05. The first-order valence-corrected chi connectivity index (χ1v) is 3.79. The minimum Gasteiger partial charge on any atom is -0.481 e. The molecule has 5 nitrogen and oxygen atoms in total. The SMILES string of the molecule is CCC(Cn1cnnc1)C(=O)O. The van der Waals surface area contributed by atoms with Gasteiger partial charge in [0.25, 0.3) is 0 Å². The van der Waals surface area contributed by atoms with Crippen LogP contribution in [0, 0.1) is 5.92 Å². The Morgan fingerprint density at radius 1 is 1.58 bits per heavy atom. The molecule has 0 aliphatic carbocycles. The summed E-state index contributed by atoms with van der Waals surface area (Å²) in [4.78, 5) is 10.6. The van der Waals surface area contributed by atoms with E-state index in [9.17, 15) is 4.79 Å². The van der Waals surface area contributed by atoms with Gasteiger partial charge in [0.1, 0.15) is 12.7 Å². The van der Waals surface area contributed by atoms with Crippen molar-refractivity contribution in [3.63, 3.8) is 0 Å². The van der Waals surface area contributed by atoms with E-state index in [0.717, 1.165) is 0 Å². The average Bonchev–Trinajstić information content (AvgIpc) is 2.51. The second-order valence-corrected chi connectivity index (χ2v) is 2.60. The summed E-state index contributed by atoms with van der Waals surface area (Å²) in [7, 11) is 0. The fourth-order valence-electron chi connectivity index (χ4n) is 0.953. The molecule has 12 heavy (non-hydrogen) atoms. The minimum atomic E-state index is -0.772. The van der Waals surface area contributed by atoms with Gasteiger partial charge in [0.05, 0.1) is 5.92 Å². The zero-order valence-electron chi connectivity index (χ0n) is 6.84. The summed E-state index contributed by atoms with van der Waals surface area (Å²) in [5, 5.41) is 15.9. The van der Waals surface area contributed by atoms with Crippen molar-refractivity contribution >= 4 is 5.97 Å². The van der Waals surface area contributed by atoms with Gasteiger partial charge in [0.15, 0.2) is 0 Å². The minimum absolute atomic E-state index is 0.346. The van der Waals surface area contributed by atoms with Crippen LogP contribution in [0.15, 0.2) is 12.7 Å². The van der Waals surface area contributed by atoms with E-state index in [-0.39, 0.29) is 5.92 Å². The maximum Gasteiger partial charge on any atom is 0.308 e. The lowest BCUT2D eigenvalue weighted by molar-refractivity contribution is -0.142. The molecule has 5 heteroatoms. The Balaban J connectivity index is 2.54. The largest absolute Gasteiger partial charge is 0.481 e. The Labute approximate surface area is 70.0 Å². The summed E-state index contributed by atoms with van der Waals surface area (Å²) in [5.41, 5.74) is 0. The third-order valence-corrected chi connectivity index (χ3v) is 1.74. The Kier molecular flexibility index (Phi) is 2.79. The van der Waals surface area contributed by atoms with Crippen molar-refractivity contribution in [2.45, 2.75) is 19.9 Å². The Bertz CT molecular complexity index is 245. The van der Waals surface area contributed by atoms with Gasteiger partial charge in [-0.25, -0.2) is 0 Å². The molecule has 0 saturated heterocycles. The molecular weight excluding hydrogens is 158 g/mol. The lowest BCUT2D eigenvalue weighted by Crippen LogP contribution is -2.18. The number of aliphatic carboxylic acids is 1. The smallest absolute Gasteiger partial charge is 0.308 e. The van der Waals surface area contributed by atoms with E-state index in [1.165, 1.54) is 12.7 Å². The van der Waals surface area contributed by atoms with E-state index < -0.39 is 5.97 Å². The van der Waals surface area contributed by atoms with Crippen molar-refractivity contribution in [1.29, 1.82) is 0 Å². The van der Waals surface area contributed by atoms with Crippen LogP contribution in [0.5, 0.6) is 0 Å². The standard InChI is InChI=1S/C7H11N3O2/c1-2-6(7(11)12)3-10-4-8-9-5-10/h4-6H,2-3H2,1H3,(H,11,12). The molecule has 0 aromatic carbocycles. The molecule has 0 saturated carbocycles. The van der Waals surface area contributed by atoms with Crippen molar-refractivity contribution in [3.8, 4) is 0 Å². The molecule has 1 unspecified atom stereocenters. The average molecular weight is 169 g/mol. The highest BCUT2D eigenvalue weighted by Crippen LogP contribution is 2.05. The number of carboxylic acids is 1. The van der Waals surface area contributed by atoms with Crippen molar-refractivity contribution in [1.82, 2.24) is 14.8 Å². The normalized spacial score (nSPS) is 12.8. The molecular formula is C7H11N3O2. The maximum atomic E-state index is 10.6. The quantitative estimate of drug-likeness (QED) is 0.707. The first-order valence-electron chi connectivity index (χ1n) is 3.79. The molecule has 0 fully saturated rings. The maximum absolute atomic E-state index is 10.6. The van der Waals surface area contributed by atoms with Crippen LogP contribution in [0.2, 0.25) is 0 Å². The summed E-state index contributed by atoms with van der Waals surface area (Å²) in [6.45, 7) is 2.29. The highest BCUT2D eigenvalue weighted by Gasteiger charge is 2.14. The first kappa shape index (κ1) is 8.70. The van der Waals surface area contributed by atoms with Gasteiger partial charge in [-0.15, -0.1) is 10.2 Å². The number of nitrogens with zero attached hydrogens (tertiary/aromatic N) is 3. The fourth-order valence-corrected chi connectivity index (χ4v) is 0.953. The lowest BCUT2D eigenvalue weighted by atomic mass is 10.1. The van der Waals surface area contributed by atoms with E-state index in [2.05, 4.69) is 10.2 Å². The van der Waals surface area contributed by atoms with E-state index >= 15 is 0 Å². The topological polar surface area (TPSA) is 68.0 Å². The van der Waals surface area contributed by atoms with Gasteiger partial charge in [0, 0.05) is 6.54 Å². The molecule has 1 aromatic rings. The van der Waals surface area contributed by atoms with Crippen LogP contribution >= 0.6 is 0 Å². The molecule has 1 atom stereocenters. The summed E-state index contributed by atoms with van der Waals surface area (Å²) < 4.78 is 1.67. The highest BCUT2D eigenvalue weighted by atomic mass is 16.4. The second kappa shape index (κ2) is 3.85. The van der Waals surface area contributed by atoms with Gasteiger partial charge in [0.2, 0.25) is 0 Å². The van der Waals surface area contributed by atoms with Crippen molar-refractivity contribution in [3.05, 3.63) is 12.7 Å². The number of hydrogen-bond donors (Lipinski definition) is 1. The number of rotatable bonds is 4. The molecule has 0 amide bonds. The van der Waals surface area contributed by atoms with Crippen LogP contribution in [0.4, 0.5) is 0 Å². The van der Waals surface area contributed by atoms with E-state index in [4.69, 9.17) is 5.11 Å². The summed E-state index contributed by atoms with van der Waals surface area (Å²) in [5.74, 6) is -1.12. The van der Waals surface area contributed by atoms with Gasteiger partial charge in [-0.3, -0.25) is 4.79 Å². The van der Waals surface area contributed by atoms with E-state index in [1.54, 1.807) is 4.57 Å². The third-order valence-electron chi connectivity index (χ3n) is 1.74. The molecule has 1 N–H and O–H groups in total. The predicted octanol–water partition coefficient (Wildman–Crippen LogP) is 0.389. The van der Waals surface area contributed by atoms with E-state index in [1.807, 2.05) is 6.92 Å². The van der Waals surface area contributed by atoms with Gasteiger partial charge >= 0.3 is 5.97 Å². The summed E-state index contributed by atoms with van der Waals surface area (Å²) >= 11 is 0. The first-order chi connectivity index (χ1) is 5.74. The Morgan fingerprint density at radius 2 is 2.17 bits per heavy atom. The molecule has 1 heterocycles. The van der Waals surface area contributed by atoms with Crippen molar-refractivity contribution in [2.75, 3.05) is 0 Å². The molecule has 0 spiro atoms. The number of carbonyl (C=O) groups is 1.